The Morgan fingerprint density at radius 3 is 2.47 bits per heavy atom. The first kappa shape index (κ1) is 20.3. The summed E-state index contributed by atoms with van der Waals surface area (Å²) in [5.41, 5.74) is 0.657. The quantitative estimate of drug-likeness (QED) is 0.417. The van der Waals surface area contributed by atoms with Crippen LogP contribution in [0.3, 0.4) is 0 Å². The lowest BCUT2D eigenvalue weighted by Crippen LogP contribution is -2.56. The molecule has 0 saturated carbocycles. The van der Waals surface area contributed by atoms with Crippen LogP contribution in [-0.2, 0) is 14.3 Å². The number of hydrogen-bond donors (Lipinski definition) is 0. The molecular formula is C22H23N3O4S. The molecule has 4 rings (SSSR count). The zero-order chi connectivity index (χ0) is 21.1. The van der Waals surface area contributed by atoms with Crippen LogP contribution in [0, 0.1) is 0 Å². The number of thiocarbonyl (C=S) groups is 1. The average molecular weight is 426 g/mol. The number of nitrogens with zero attached hydrogens (tertiary/aromatic N) is 3. The maximum absolute atomic E-state index is 13.3. The third-order valence-electron chi connectivity index (χ3n) is 5.01. The molecule has 0 N–H and O–H groups in total. The van der Waals surface area contributed by atoms with E-state index in [1.54, 1.807) is 18.2 Å². The molecule has 1 aromatic heterocycles. The van der Waals surface area contributed by atoms with Crippen molar-refractivity contribution in [3.63, 3.8) is 0 Å². The number of amides is 2. The molecule has 2 amide bonds. The molecule has 3 heterocycles. The van der Waals surface area contributed by atoms with Gasteiger partial charge in [0.25, 0.3) is 11.8 Å². The Labute approximate surface area is 180 Å². The fourth-order valence-corrected chi connectivity index (χ4v) is 3.88. The monoisotopic (exact) mass is 425 g/mol. The van der Waals surface area contributed by atoms with Crippen LogP contribution < -0.4 is 9.80 Å². The number of carbonyl (C=O) groups is 2. The minimum atomic E-state index is -0.451. The number of para-hydroxylation sites is 1. The first-order valence-corrected chi connectivity index (χ1v) is 10.4. The summed E-state index contributed by atoms with van der Waals surface area (Å²) in [6.45, 7) is 5.16. The van der Waals surface area contributed by atoms with Crippen LogP contribution in [0.15, 0.2) is 52.5 Å². The highest BCUT2D eigenvalue weighted by molar-refractivity contribution is 7.80. The van der Waals surface area contributed by atoms with Gasteiger partial charge < -0.3 is 14.1 Å². The van der Waals surface area contributed by atoms with Crippen LogP contribution in [0.25, 0.3) is 6.08 Å². The van der Waals surface area contributed by atoms with Gasteiger partial charge >= 0.3 is 0 Å². The first-order valence-electron chi connectivity index (χ1n) is 9.99. The molecule has 156 valence electrons. The summed E-state index contributed by atoms with van der Waals surface area (Å²) in [5.74, 6) is 0.295. The predicted octanol–water partition coefficient (Wildman–Crippen LogP) is 3.07. The topological polar surface area (TPSA) is 66.2 Å². The molecule has 0 aliphatic carbocycles. The average Bonchev–Trinajstić information content (AvgIpc) is 3.24. The Kier molecular flexibility index (Phi) is 5.96. The van der Waals surface area contributed by atoms with Gasteiger partial charge in [-0.3, -0.25) is 19.4 Å². The van der Waals surface area contributed by atoms with E-state index in [0.29, 0.717) is 37.1 Å². The molecular weight excluding hydrogens is 402 g/mol. The second kappa shape index (κ2) is 8.81. The van der Waals surface area contributed by atoms with Crippen molar-refractivity contribution in [2.45, 2.75) is 13.3 Å². The van der Waals surface area contributed by atoms with Crippen molar-refractivity contribution < 1.29 is 18.7 Å². The van der Waals surface area contributed by atoms with Gasteiger partial charge in [0.05, 0.1) is 18.9 Å². The van der Waals surface area contributed by atoms with E-state index in [0.717, 1.165) is 19.5 Å². The third kappa shape index (κ3) is 3.88. The molecule has 7 nitrogen and oxygen atoms in total. The van der Waals surface area contributed by atoms with Crippen molar-refractivity contribution in [2.75, 3.05) is 42.6 Å². The van der Waals surface area contributed by atoms with Crippen LogP contribution in [0.5, 0.6) is 0 Å². The molecule has 0 bridgehead atoms. The van der Waals surface area contributed by atoms with Gasteiger partial charge in [0, 0.05) is 25.7 Å². The molecule has 0 atom stereocenters. The van der Waals surface area contributed by atoms with Crippen molar-refractivity contribution in [1.29, 1.82) is 0 Å². The lowest BCUT2D eigenvalue weighted by atomic mass is 10.1. The summed E-state index contributed by atoms with van der Waals surface area (Å²) in [5, 5.41) is 0.198. The maximum Gasteiger partial charge on any atom is 0.270 e. The van der Waals surface area contributed by atoms with E-state index >= 15 is 0 Å². The summed E-state index contributed by atoms with van der Waals surface area (Å²) in [6.07, 6.45) is 2.23. The molecule has 0 radical (unpaired) electrons. The third-order valence-corrected chi connectivity index (χ3v) is 5.42. The summed E-state index contributed by atoms with van der Waals surface area (Å²) < 4.78 is 11.3. The Bertz CT molecular complexity index is 979. The summed E-state index contributed by atoms with van der Waals surface area (Å²) in [6, 6.07) is 12.7. The molecule has 8 heteroatoms. The largest absolute Gasteiger partial charge is 0.441 e. The highest BCUT2D eigenvalue weighted by Crippen LogP contribution is 2.28. The smallest absolute Gasteiger partial charge is 0.270 e. The second-order valence-corrected chi connectivity index (χ2v) is 7.41. The normalized spacial score (nSPS) is 19.2. The molecule has 2 fully saturated rings. The molecule has 1 aromatic carbocycles. The van der Waals surface area contributed by atoms with Gasteiger partial charge in [0.15, 0.2) is 11.0 Å². The lowest BCUT2D eigenvalue weighted by molar-refractivity contribution is -0.127. The first-order chi connectivity index (χ1) is 14.6. The van der Waals surface area contributed by atoms with Gasteiger partial charge in [0.1, 0.15) is 11.3 Å². The Morgan fingerprint density at radius 1 is 1.03 bits per heavy atom. The number of carbonyl (C=O) groups excluding carboxylic acids is 2. The zero-order valence-corrected chi connectivity index (χ0v) is 17.6. The van der Waals surface area contributed by atoms with Crippen LogP contribution in [-0.4, -0.2) is 54.7 Å². The lowest BCUT2D eigenvalue weighted by Gasteiger charge is -2.36. The molecule has 2 aliphatic rings. The number of hydrogen-bond acceptors (Lipinski definition) is 6. The minimum absolute atomic E-state index is 0.0313. The van der Waals surface area contributed by atoms with E-state index in [1.807, 2.05) is 31.2 Å². The zero-order valence-electron chi connectivity index (χ0n) is 16.7. The van der Waals surface area contributed by atoms with Gasteiger partial charge in [-0.1, -0.05) is 25.1 Å². The van der Waals surface area contributed by atoms with Gasteiger partial charge in [-0.05, 0) is 42.9 Å². The van der Waals surface area contributed by atoms with Crippen molar-refractivity contribution in [1.82, 2.24) is 4.90 Å². The number of rotatable bonds is 5. The summed E-state index contributed by atoms with van der Waals surface area (Å²) in [4.78, 5) is 31.3. The number of anilines is 2. The SMILES string of the molecule is CCCN1C(=O)C(=Cc2ccc(N3CCOCC3)o2)C(=O)N(c2ccccc2)C1=S. The van der Waals surface area contributed by atoms with E-state index in [9.17, 15) is 9.59 Å². The number of benzene rings is 1. The van der Waals surface area contributed by atoms with Gasteiger partial charge in [-0.25, -0.2) is 0 Å². The molecule has 0 unspecified atom stereocenters. The fourth-order valence-electron chi connectivity index (χ4n) is 3.52. The van der Waals surface area contributed by atoms with Crippen LogP contribution in [0.4, 0.5) is 11.6 Å². The Balaban J connectivity index is 1.68. The van der Waals surface area contributed by atoms with E-state index < -0.39 is 11.8 Å². The van der Waals surface area contributed by atoms with Crippen molar-refractivity contribution in [3.05, 3.63) is 53.8 Å². The predicted molar refractivity (Wildman–Crippen MR) is 118 cm³/mol. The molecule has 2 saturated heterocycles. The molecule has 30 heavy (non-hydrogen) atoms. The fraction of sp³-hybridized carbons (Fsp3) is 0.318. The van der Waals surface area contributed by atoms with Gasteiger partial charge in [0.2, 0.25) is 0 Å². The molecule has 2 aliphatic heterocycles. The summed E-state index contributed by atoms with van der Waals surface area (Å²) >= 11 is 5.50. The second-order valence-electron chi connectivity index (χ2n) is 7.05. The van der Waals surface area contributed by atoms with Crippen molar-refractivity contribution in [2.24, 2.45) is 0 Å². The number of morpholine rings is 1. The molecule has 2 aromatic rings. The van der Waals surface area contributed by atoms with E-state index in [1.165, 1.54) is 15.9 Å². The van der Waals surface area contributed by atoms with E-state index in [4.69, 9.17) is 21.4 Å². The molecule has 0 spiro atoms. The summed E-state index contributed by atoms with van der Waals surface area (Å²) in [7, 11) is 0. The van der Waals surface area contributed by atoms with Crippen molar-refractivity contribution in [3.8, 4) is 0 Å². The maximum atomic E-state index is 13.3. The van der Waals surface area contributed by atoms with Crippen LogP contribution >= 0.6 is 12.2 Å². The highest BCUT2D eigenvalue weighted by Gasteiger charge is 2.40. The minimum Gasteiger partial charge on any atom is -0.441 e. The number of ether oxygens (including phenoxy) is 1. The van der Waals surface area contributed by atoms with E-state index in [-0.39, 0.29) is 10.7 Å². The Morgan fingerprint density at radius 2 is 1.77 bits per heavy atom. The number of furan rings is 1. The standard InChI is InChI=1S/C22H23N3O4S/c1-2-10-24-20(26)18(21(27)25(22(24)30)16-6-4-3-5-7-16)15-17-8-9-19(29-17)23-11-13-28-14-12-23/h3-9,15H,2,10-14H2,1H3. The van der Waals surface area contributed by atoms with Crippen LogP contribution in [0.1, 0.15) is 19.1 Å². The van der Waals surface area contributed by atoms with Gasteiger partial charge in [-0.2, -0.15) is 0 Å². The van der Waals surface area contributed by atoms with Gasteiger partial charge in [-0.15, -0.1) is 0 Å². The van der Waals surface area contributed by atoms with Crippen molar-refractivity contribution >= 4 is 46.8 Å². The highest BCUT2D eigenvalue weighted by atomic mass is 32.1. The van der Waals surface area contributed by atoms with Crippen LogP contribution in [0.2, 0.25) is 0 Å². The van der Waals surface area contributed by atoms with E-state index in [2.05, 4.69) is 4.90 Å². The Hall–Kier alpha value is -2.97.